The highest BCUT2D eigenvalue weighted by Gasteiger charge is 2.53. The molecule has 1 amide bonds. The lowest BCUT2D eigenvalue weighted by molar-refractivity contribution is -0.132. The van der Waals surface area contributed by atoms with Gasteiger partial charge in [-0.2, -0.15) is 0 Å². The standard InChI is InChI=1S/C23H20N4O2/c1-27-21(28)23(26-22(27)24)14-20(16-5-3-2-4-6-16)29-19-8-7-17(13-18(19)23)15-9-11-25-12-10-15/h2-13,20H,14H2,1H3,(H2,24,26). The lowest BCUT2D eigenvalue weighted by atomic mass is 9.79. The van der Waals surface area contributed by atoms with Crippen LogP contribution in [0.4, 0.5) is 0 Å². The maximum Gasteiger partial charge on any atom is 0.261 e. The van der Waals surface area contributed by atoms with Gasteiger partial charge in [-0.3, -0.25) is 14.7 Å². The van der Waals surface area contributed by atoms with Gasteiger partial charge >= 0.3 is 0 Å². The molecule has 0 aliphatic carbocycles. The van der Waals surface area contributed by atoms with Crippen molar-refractivity contribution in [3.63, 3.8) is 0 Å². The number of benzene rings is 2. The predicted octanol–water partition coefficient (Wildman–Crippen LogP) is 3.25. The third kappa shape index (κ3) is 2.68. The second-order valence-electron chi connectivity index (χ2n) is 7.36. The van der Waals surface area contributed by atoms with Crippen molar-refractivity contribution in [2.75, 3.05) is 7.05 Å². The van der Waals surface area contributed by atoms with Crippen LogP contribution in [0.3, 0.4) is 0 Å². The smallest absolute Gasteiger partial charge is 0.261 e. The maximum absolute atomic E-state index is 13.3. The number of nitrogens with two attached hydrogens (primary N) is 1. The summed E-state index contributed by atoms with van der Waals surface area (Å²) in [5.74, 6) is 0.749. The molecule has 0 saturated carbocycles. The molecule has 2 aliphatic rings. The van der Waals surface area contributed by atoms with Gasteiger partial charge < -0.3 is 10.5 Å². The van der Waals surface area contributed by atoms with E-state index in [1.165, 1.54) is 4.90 Å². The molecule has 3 heterocycles. The van der Waals surface area contributed by atoms with Gasteiger partial charge in [-0.25, -0.2) is 4.99 Å². The normalized spacial score (nSPS) is 22.9. The van der Waals surface area contributed by atoms with Crippen LogP contribution >= 0.6 is 0 Å². The molecule has 2 atom stereocenters. The van der Waals surface area contributed by atoms with Crippen molar-refractivity contribution in [3.8, 4) is 16.9 Å². The number of aromatic nitrogens is 1. The molecule has 0 radical (unpaired) electrons. The summed E-state index contributed by atoms with van der Waals surface area (Å²) in [6, 6.07) is 19.7. The van der Waals surface area contributed by atoms with E-state index in [0.717, 1.165) is 22.3 Å². The number of guanidine groups is 1. The predicted molar refractivity (Wildman–Crippen MR) is 110 cm³/mol. The zero-order valence-corrected chi connectivity index (χ0v) is 15.9. The van der Waals surface area contributed by atoms with E-state index in [9.17, 15) is 4.79 Å². The number of hydrogen-bond donors (Lipinski definition) is 1. The molecule has 0 saturated heterocycles. The van der Waals surface area contributed by atoms with Crippen LogP contribution in [0.1, 0.15) is 23.7 Å². The van der Waals surface area contributed by atoms with Crippen LogP contribution in [0.25, 0.3) is 11.1 Å². The molecule has 3 aromatic rings. The molecule has 1 aromatic heterocycles. The fourth-order valence-corrected chi connectivity index (χ4v) is 4.11. The minimum Gasteiger partial charge on any atom is -0.485 e. The number of ether oxygens (including phenoxy) is 1. The lowest BCUT2D eigenvalue weighted by Crippen LogP contribution is -2.43. The summed E-state index contributed by atoms with van der Waals surface area (Å²) in [5, 5.41) is 0. The third-order valence-corrected chi connectivity index (χ3v) is 5.67. The second kappa shape index (κ2) is 6.44. The molecule has 144 valence electrons. The van der Waals surface area contributed by atoms with Gasteiger partial charge in [-0.05, 0) is 41.0 Å². The summed E-state index contributed by atoms with van der Waals surface area (Å²) in [6.45, 7) is 0. The zero-order valence-electron chi connectivity index (χ0n) is 15.9. The Balaban J connectivity index is 1.68. The Labute approximate surface area is 168 Å². The molecule has 2 N–H and O–H groups in total. The lowest BCUT2D eigenvalue weighted by Gasteiger charge is -2.37. The number of hydrogen-bond acceptors (Lipinski definition) is 5. The Bertz CT molecular complexity index is 1110. The number of rotatable bonds is 2. The van der Waals surface area contributed by atoms with E-state index in [0.29, 0.717) is 12.2 Å². The first-order chi connectivity index (χ1) is 14.1. The summed E-state index contributed by atoms with van der Waals surface area (Å²) in [6.07, 6.45) is 3.60. The number of aliphatic imine (C=N–C) groups is 1. The van der Waals surface area contributed by atoms with Gasteiger partial charge in [0.1, 0.15) is 11.9 Å². The van der Waals surface area contributed by atoms with Crippen LogP contribution < -0.4 is 10.5 Å². The highest BCUT2D eigenvalue weighted by atomic mass is 16.5. The average Bonchev–Trinajstić information content (AvgIpc) is 2.98. The minimum atomic E-state index is -1.09. The summed E-state index contributed by atoms with van der Waals surface area (Å²) in [7, 11) is 1.66. The fraction of sp³-hybridized carbons (Fsp3) is 0.174. The molecule has 6 nitrogen and oxygen atoms in total. The number of carbonyl (C=O) groups excluding carboxylic acids is 1. The van der Waals surface area contributed by atoms with Crippen molar-refractivity contribution in [2.45, 2.75) is 18.1 Å². The van der Waals surface area contributed by atoms with Crippen molar-refractivity contribution < 1.29 is 9.53 Å². The van der Waals surface area contributed by atoms with Crippen LogP contribution in [0.5, 0.6) is 5.75 Å². The zero-order chi connectivity index (χ0) is 20.0. The second-order valence-corrected chi connectivity index (χ2v) is 7.36. The van der Waals surface area contributed by atoms with Crippen molar-refractivity contribution in [3.05, 3.63) is 84.2 Å². The highest BCUT2D eigenvalue weighted by molar-refractivity contribution is 6.07. The number of likely N-dealkylation sites (N-methyl/N-ethyl adjacent to an activating group) is 1. The number of carbonyl (C=O) groups is 1. The first-order valence-electron chi connectivity index (χ1n) is 9.48. The highest BCUT2D eigenvalue weighted by Crippen LogP contribution is 2.50. The number of fused-ring (bicyclic) bond motifs is 2. The Hall–Kier alpha value is -3.67. The van der Waals surface area contributed by atoms with Gasteiger partial charge in [0, 0.05) is 31.4 Å². The third-order valence-electron chi connectivity index (χ3n) is 5.67. The topological polar surface area (TPSA) is 80.8 Å². The number of nitrogens with zero attached hydrogens (tertiary/aromatic N) is 3. The number of pyridine rings is 1. The molecular weight excluding hydrogens is 364 g/mol. The van der Waals surface area contributed by atoms with Gasteiger partial charge in [0.25, 0.3) is 5.91 Å². The summed E-state index contributed by atoms with van der Waals surface area (Å²) in [5.41, 5.74) is 8.72. The van der Waals surface area contributed by atoms with Crippen molar-refractivity contribution in [1.82, 2.24) is 9.88 Å². The fourth-order valence-electron chi connectivity index (χ4n) is 4.11. The molecule has 1 spiro atoms. The Morgan fingerprint density at radius 2 is 1.83 bits per heavy atom. The average molecular weight is 384 g/mol. The summed E-state index contributed by atoms with van der Waals surface area (Å²) >= 11 is 0. The van der Waals surface area contributed by atoms with E-state index >= 15 is 0 Å². The quantitative estimate of drug-likeness (QED) is 0.735. The van der Waals surface area contributed by atoms with E-state index in [4.69, 9.17) is 10.5 Å². The molecule has 0 bridgehead atoms. The van der Waals surface area contributed by atoms with E-state index < -0.39 is 5.54 Å². The van der Waals surface area contributed by atoms with Gasteiger partial charge in [-0.1, -0.05) is 36.4 Å². The van der Waals surface area contributed by atoms with Crippen LogP contribution in [0, 0.1) is 0 Å². The van der Waals surface area contributed by atoms with Crippen LogP contribution in [-0.2, 0) is 10.3 Å². The largest absolute Gasteiger partial charge is 0.485 e. The van der Waals surface area contributed by atoms with Crippen molar-refractivity contribution in [2.24, 2.45) is 10.7 Å². The molecule has 29 heavy (non-hydrogen) atoms. The molecule has 5 rings (SSSR count). The van der Waals surface area contributed by atoms with Crippen molar-refractivity contribution >= 4 is 11.9 Å². The maximum atomic E-state index is 13.3. The van der Waals surface area contributed by atoms with E-state index in [1.807, 2.05) is 60.7 Å². The minimum absolute atomic E-state index is 0.132. The molecule has 0 fully saturated rings. The van der Waals surface area contributed by atoms with Crippen LogP contribution in [-0.4, -0.2) is 28.8 Å². The molecular formula is C23H20N4O2. The van der Waals surface area contributed by atoms with Gasteiger partial charge in [0.15, 0.2) is 11.5 Å². The van der Waals surface area contributed by atoms with Crippen LogP contribution in [0.2, 0.25) is 0 Å². The Kier molecular flexibility index (Phi) is 3.87. The summed E-state index contributed by atoms with van der Waals surface area (Å²) in [4.78, 5) is 23.5. The monoisotopic (exact) mass is 384 g/mol. The molecule has 2 aliphatic heterocycles. The Morgan fingerprint density at radius 3 is 2.52 bits per heavy atom. The van der Waals surface area contributed by atoms with Gasteiger partial charge in [-0.15, -0.1) is 0 Å². The first-order valence-corrected chi connectivity index (χ1v) is 9.48. The van der Waals surface area contributed by atoms with Gasteiger partial charge in [0.2, 0.25) is 0 Å². The summed E-state index contributed by atoms with van der Waals surface area (Å²) < 4.78 is 6.32. The van der Waals surface area contributed by atoms with Crippen LogP contribution in [0.15, 0.2) is 78.0 Å². The van der Waals surface area contributed by atoms with Gasteiger partial charge in [0.05, 0.1) is 0 Å². The Morgan fingerprint density at radius 1 is 1.07 bits per heavy atom. The van der Waals surface area contributed by atoms with E-state index in [-0.39, 0.29) is 18.0 Å². The molecule has 2 unspecified atom stereocenters. The molecule has 6 heteroatoms. The first kappa shape index (κ1) is 17.4. The van der Waals surface area contributed by atoms with E-state index in [2.05, 4.69) is 9.98 Å². The van der Waals surface area contributed by atoms with E-state index in [1.54, 1.807) is 19.4 Å². The van der Waals surface area contributed by atoms with Crippen molar-refractivity contribution in [1.29, 1.82) is 0 Å². The number of amides is 1. The SMILES string of the molecule is CN1C(=O)C2(CC(c3ccccc3)Oc3ccc(-c4ccncc4)cc32)N=C1N. The molecule has 2 aromatic carbocycles.